The molecule has 3 aromatic rings. The van der Waals surface area contributed by atoms with Crippen molar-refractivity contribution in [2.24, 2.45) is 4.99 Å². The number of thioether (sulfide) groups is 1. The highest BCUT2D eigenvalue weighted by atomic mass is 35.5. The van der Waals surface area contributed by atoms with Crippen LogP contribution in [0, 0.1) is 6.92 Å². The SMILES string of the molecule is Cc1cc(O)c(C2=NCCSC(c3cccn3-c3ccc(Cl)cc3)C2)c(=O)o1. The molecule has 0 saturated carbocycles. The molecular formula is C21H19ClN2O3S. The van der Waals surface area contributed by atoms with E-state index in [0.717, 1.165) is 17.1 Å². The quantitative estimate of drug-likeness (QED) is 0.670. The van der Waals surface area contributed by atoms with E-state index < -0.39 is 5.63 Å². The summed E-state index contributed by atoms with van der Waals surface area (Å²) in [5.41, 5.74) is 2.34. The van der Waals surface area contributed by atoms with Gasteiger partial charge in [0.25, 0.3) is 0 Å². The lowest BCUT2D eigenvalue weighted by molar-refractivity contribution is 0.432. The Morgan fingerprint density at radius 3 is 2.82 bits per heavy atom. The summed E-state index contributed by atoms with van der Waals surface area (Å²) in [7, 11) is 0. The van der Waals surface area contributed by atoms with E-state index in [9.17, 15) is 9.90 Å². The van der Waals surface area contributed by atoms with Gasteiger partial charge in [0.1, 0.15) is 17.1 Å². The minimum Gasteiger partial charge on any atom is -0.507 e. The summed E-state index contributed by atoms with van der Waals surface area (Å²) in [5.74, 6) is 1.13. The van der Waals surface area contributed by atoms with Gasteiger partial charge in [0.15, 0.2) is 0 Å². The fourth-order valence-corrected chi connectivity index (χ4v) is 4.65. The Morgan fingerprint density at radius 1 is 1.29 bits per heavy atom. The smallest absolute Gasteiger partial charge is 0.348 e. The largest absolute Gasteiger partial charge is 0.507 e. The van der Waals surface area contributed by atoms with Crippen molar-refractivity contribution in [3.8, 4) is 11.4 Å². The summed E-state index contributed by atoms with van der Waals surface area (Å²) in [6, 6.07) is 13.2. The minimum absolute atomic E-state index is 0.0776. The molecule has 1 aliphatic rings. The number of aliphatic imine (C=N–C) groups is 1. The molecule has 0 bridgehead atoms. The van der Waals surface area contributed by atoms with Gasteiger partial charge in [0.2, 0.25) is 0 Å². The van der Waals surface area contributed by atoms with E-state index in [1.165, 1.54) is 6.07 Å². The minimum atomic E-state index is -0.546. The molecule has 0 radical (unpaired) electrons. The molecule has 1 atom stereocenters. The average Bonchev–Trinajstić information content (AvgIpc) is 3.01. The third-order valence-corrected chi connectivity index (χ3v) is 6.13. The Kier molecular flexibility index (Phi) is 5.33. The van der Waals surface area contributed by atoms with Crippen LogP contribution in [0.25, 0.3) is 5.69 Å². The highest BCUT2D eigenvalue weighted by molar-refractivity contribution is 7.99. The fourth-order valence-electron chi connectivity index (χ4n) is 3.40. The van der Waals surface area contributed by atoms with Gasteiger partial charge in [-0.3, -0.25) is 4.99 Å². The van der Waals surface area contributed by atoms with E-state index in [1.54, 1.807) is 18.7 Å². The van der Waals surface area contributed by atoms with Crippen LogP contribution in [-0.4, -0.2) is 27.7 Å². The molecular weight excluding hydrogens is 396 g/mol. The van der Waals surface area contributed by atoms with E-state index in [0.29, 0.717) is 29.5 Å². The number of aromatic nitrogens is 1. The van der Waals surface area contributed by atoms with Gasteiger partial charge in [-0.05, 0) is 43.3 Å². The van der Waals surface area contributed by atoms with Crippen molar-refractivity contribution >= 4 is 29.1 Å². The third kappa shape index (κ3) is 3.75. The Morgan fingerprint density at radius 2 is 2.07 bits per heavy atom. The monoisotopic (exact) mass is 414 g/mol. The van der Waals surface area contributed by atoms with E-state index in [4.69, 9.17) is 16.0 Å². The number of benzene rings is 1. The molecule has 3 heterocycles. The van der Waals surface area contributed by atoms with Crippen molar-refractivity contribution in [1.82, 2.24) is 4.57 Å². The summed E-state index contributed by atoms with van der Waals surface area (Å²) in [5, 5.41) is 11.1. The lowest BCUT2D eigenvalue weighted by Crippen LogP contribution is -2.17. The third-order valence-electron chi connectivity index (χ3n) is 4.65. The molecule has 0 fully saturated rings. The first-order valence-corrected chi connectivity index (χ1v) is 10.4. The Labute approximate surface area is 171 Å². The zero-order chi connectivity index (χ0) is 19.7. The van der Waals surface area contributed by atoms with E-state index in [1.807, 2.05) is 36.5 Å². The molecule has 1 aromatic carbocycles. The van der Waals surface area contributed by atoms with Crippen molar-refractivity contribution in [2.45, 2.75) is 18.6 Å². The van der Waals surface area contributed by atoms with E-state index in [-0.39, 0.29) is 16.6 Å². The van der Waals surface area contributed by atoms with Crippen molar-refractivity contribution < 1.29 is 9.52 Å². The maximum Gasteiger partial charge on any atom is 0.348 e. The van der Waals surface area contributed by atoms with Crippen LogP contribution in [-0.2, 0) is 0 Å². The predicted molar refractivity (Wildman–Crippen MR) is 113 cm³/mol. The van der Waals surface area contributed by atoms with Crippen molar-refractivity contribution in [3.63, 3.8) is 0 Å². The van der Waals surface area contributed by atoms with Gasteiger partial charge in [0, 0.05) is 47.4 Å². The number of aromatic hydroxyl groups is 1. The first-order valence-electron chi connectivity index (χ1n) is 8.95. The van der Waals surface area contributed by atoms with Crippen molar-refractivity contribution in [2.75, 3.05) is 12.3 Å². The van der Waals surface area contributed by atoms with Gasteiger partial charge < -0.3 is 14.1 Å². The zero-order valence-corrected chi connectivity index (χ0v) is 16.8. The molecule has 1 aliphatic heterocycles. The number of aryl methyl sites for hydroxylation is 1. The molecule has 0 amide bonds. The number of hydrogen-bond donors (Lipinski definition) is 1. The maximum absolute atomic E-state index is 12.4. The Balaban J connectivity index is 1.70. The van der Waals surface area contributed by atoms with Gasteiger partial charge >= 0.3 is 5.63 Å². The fraction of sp³-hybridized carbons (Fsp3) is 0.238. The first kappa shape index (κ1) is 18.9. The lowest BCUT2D eigenvalue weighted by Gasteiger charge is -2.18. The molecule has 0 aliphatic carbocycles. The molecule has 2 aromatic heterocycles. The molecule has 7 heteroatoms. The molecule has 28 heavy (non-hydrogen) atoms. The number of halogens is 1. The molecule has 1 unspecified atom stereocenters. The molecule has 4 rings (SSSR count). The second-order valence-corrected chi connectivity index (χ2v) is 8.32. The van der Waals surface area contributed by atoms with Crippen LogP contribution in [0.15, 0.2) is 62.9 Å². The van der Waals surface area contributed by atoms with Gasteiger partial charge in [-0.15, -0.1) is 11.8 Å². The highest BCUT2D eigenvalue weighted by Gasteiger charge is 2.25. The average molecular weight is 415 g/mol. The lowest BCUT2D eigenvalue weighted by atomic mass is 10.0. The van der Waals surface area contributed by atoms with Gasteiger partial charge in [-0.2, -0.15) is 0 Å². The number of nitrogens with zero attached hydrogens (tertiary/aromatic N) is 2. The second-order valence-electron chi connectivity index (χ2n) is 6.58. The normalized spacial score (nSPS) is 17.2. The molecule has 1 N–H and O–H groups in total. The van der Waals surface area contributed by atoms with Crippen LogP contribution in [0.4, 0.5) is 0 Å². The molecule has 0 saturated heterocycles. The van der Waals surface area contributed by atoms with Crippen LogP contribution >= 0.6 is 23.4 Å². The number of hydrogen-bond acceptors (Lipinski definition) is 5. The first-order chi connectivity index (χ1) is 13.5. The van der Waals surface area contributed by atoms with Crippen molar-refractivity contribution in [1.29, 1.82) is 0 Å². The Hall–Kier alpha value is -2.44. The standard InChI is InChI=1S/C21H19ClN2O3S/c1-13-11-18(25)20(21(26)27-13)16-12-19(28-10-8-23-16)17-3-2-9-24(17)15-6-4-14(22)5-7-15/h2-7,9,11,19,25H,8,10,12H2,1H3. The van der Waals surface area contributed by atoms with Crippen LogP contribution < -0.4 is 5.63 Å². The summed E-state index contributed by atoms with van der Waals surface area (Å²) in [6.07, 6.45) is 2.54. The molecule has 144 valence electrons. The predicted octanol–water partition coefficient (Wildman–Crippen LogP) is 4.77. The van der Waals surface area contributed by atoms with Crippen LogP contribution in [0.1, 0.15) is 28.7 Å². The maximum atomic E-state index is 12.4. The van der Waals surface area contributed by atoms with Gasteiger partial charge in [0.05, 0.1) is 11.0 Å². The highest BCUT2D eigenvalue weighted by Crippen LogP contribution is 2.37. The van der Waals surface area contributed by atoms with Crippen LogP contribution in [0.2, 0.25) is 5.02 Å². The number of rotatable bonds is 3. The van der Waals surface area contributed by atoms with Crippen molar-refractivity contribution in [3.05, 3.63) is 81.1 Å². The topological polar surface area (TPSA) is 67.7 Å². The summed E-state index contributed by atoms with van der Waals surface area (Å²) in [6.45, 7) is 2.22. The van der Waals surface area contributed by atoms with Gasteiger partial charge in [-0.1, -0.05) is 11.6 Å². The zero-order valence-electron chi connectivity index (χ0n) is 15.3. The van der Waals surface area contributed by atoms with E-state index >= 15 is 0 Å². The van der Waals surface area contributed by atoms with E-state index in [2.05, 4.69) is 15.6 Å². The van der Waals surface area contributed by atoms with Crippen LogP contribution in [0.3, 0.4) is 0 Å². The second kappa shape index (κ2) is 7.89. The summed E-state index contributed by atoms with van der Waals surface area (Å²) < 4.78 is 7.31. The summed E-state index contributed by atoms with van der Waals surface area (Å²) >= 11 is 7.81. The summed E-state index contributed by atoms with van der Waals surface area (Å²) in [4.78, 5) is 16.9. The molecule has 0 spiro atoms. The Bertz CT molecular complexity index is 1090. The van der Waals surface area contributed by atoms with Crippen LogP contribution in [0.5, 0.6) is 5.75 Å². The van der Waals surface area contributed by atoms with Gasteiger partial charge in [-0.25, -0.2) is 4.79 Å². The molecule has 5 nitrogen and oxygen atoms in total.